The average Bonchev–Trinajstić information content (AvgIpc) is 3.19. The number of carbonyl (C=O) groups is 4. The molecular weight excluding hydrogens is 822 g/mol. The molecule has 4 heterocycles. The van der Waals surface area contributed by atoms with Crippen LogP contribution in [-0.2, 0) is 22.6 Å². The number of aromatic nitrogens is 1. The molecule has 14 nitrogen and oxygen atoms in total. The molecule has 7 N–H and O–H groups in total. The largest absolute Gasteiger partial charge is 0.506 e. The van der Waals surface area contributed by atoms with Crippen LogP contribution in [0.5, 0.6) is 5.75 Å². The van der Waals surface area contributed by atoms with Crippen molar-refractivity contribution >= 4 is 67.1 Å². The van der Waals surface area contributed by atoms with E-state index in [1.165, 1.54) is 0 Å². The van der Waals surface area contributed by atoms with Crippen molar-refractivity contribution in [3.63, 3.8) is 0 Å². The van der Waals surface area contributed by atoms with Gasteiger partial charge in [0.25, 0.3) is 0 Å². The van der Waals surface area contributed by atoms with E-state index in [-0.39, 0.29) is 43.2 Å². The topological polar surface area (TPSA) is 187 Å². The number of rotatable bonds is 11. The maximum absolute atomic E-state index is 15.1. The van der Waals surface area contributed by atoms with Crippen LogP contribution in [-0.4, -0.2) is 112 Å². The number of nitrogens with two attached hydrogens (primary N) is 2. The van der Waals surface area contributed by atoms with Gasteiger partial charge in [0.2, 0.25) is 0 Å². The third-order valence-corrected chi connectivity index (χ3v) is 12.0. The number of quaternary nitrogens is 1. The van der Waals surface area contributed by atoms with Crippen LogP contribution in [0.3, 0.4) is 0 Å². The summed E-state index contributed by atoms with van der Waals surface area (Å²) >= 11 is 6.78. The Morgan fingerprint density at radius 2 is 1.65 bits per heavy atom. The second-order valence-corrected chi connectivity index (χ2v) is 15.9. The molecule has 6 rings (SSSR count). The Morgan fingerprint density at radius 3 is 2.31 bits per heavy atom. The number of nitrogens with one attached hydrogen (secondary N) is 2. The highest BCUT2D eigenvalue weighted by Gasteiger charge is 2.52. The first-order valence-electron chi connectivity index (χ1n) is 18.4. The highest BCUT2D eigenvalue weighted by Crippen LogP contribution is 2.34. The lowest BCUT2D eigenvalue weighted by molar-refractivity contribution is -0.781. The van der Waals surface area contributed by atoms with Gasteiger partial charge in [0.15, 0.2) is 6.04 Å². The number of anilines is 2. The number of carbonyl (C=O) groups excluding carboxylic acids is 4. The molecule has 0 spiro atoms. The number of aromatic hydroxyl groups is 1. The van der Waals surface area contributed by atoms with Gasteiger partial charge in [-0.25, -0.2) is 19.2 Å². The second-order valence-electron chi connectivity index (χ2n) is 14.2. The Kier molecular flexibility index (Phi) is 12.9. The van der Waals surface area contributed by atoms with E-state index in [0.717, 1.165) is 16.9 Å². The van der Waals surface area contributed by atoms with Gasteiger partial charge in [0.05, 0.1) is 22.0 Å². The third-order valence-electron chi connectivity index (χ3n) is 10.8. The molecule has 54 heavy (non-hydrogen) atoms. The van der Waals surface area contributed by atoms with Crippen molar-refractivity contribution < 1.29 is 28.8 Å². The zero-order valence-corrected chi connectivity index (χ0v) is 33.3. The fourth-order valence-corrected chi connectivity index (χ4v) is 9.01. The van der Waals surface area contributed by atoms with Gasteiger partial charge in [0, 0.05) is 55.9 Å². The number of nitrogens with zero attached hydrogens (tertiary/aromatic N) is 5. The van der Waals surface area contributed by atoms with Crippen LogP contribution in [0.25, 0.3) is 0 Å². The van der Waals surface area contributed by atoms with Crippen molar-refractivity contribution in [1.82, 2.24) is 20.1 Å². The fraction of sp³-hybridized carbons (Fsp3) is 0.447. The Labute approximate surface area is 332 Å². The van der Waals surface area contributed by atoms with Crippen molar-refractivity contribution in [3.05, 3.63) is 81.0 Å². The molecule has 0 aliphatic carbocycles. The smallest absolute Gasteiger partial charge is 0.344 e. The quantitative estimate of drug-likeness (QED) is 0.139. The number of phenolic OH excluding ortho intramolecular Hbond substituents is 1. The van der Waals surface area contributed by atoms with Crippen LogP contribution in [0.4, 0.5) is 21.0 Å². The number of unbranched alkanes of at least 4 members (excludes halogenated alkanes) is 1. The van der Waals surface area contributed by atoms with Gasteiger partial charge in [-0.1, -0.05) is 18.2 Å². The number of hydrogen-bond acceptors (Lipinski definition) is 9. The summed E-state index contributed by atoms with van der Waals surface area (Å²) in [6.07, 6.45) is 6.37. The molecule has 2 aromatic carbocycles. The van der Waals surface area contributed by atoms with Gasteiger partial charge in [-0.05, 0) is 112 Å². The van der Waals surface area contributed by atoms with Crippen LogP contribution in [0.2, 0.25) is 0 Å². The first kappa shape index (κ1) is 39.6. The number of amides is 6. The van der Waals surface area contributed by atoms with E-state index in [9.17, 15) is 19.5 Å². The number of para-hydroxylation sites is 1. The molecule has 1 aromatic heterocycles. The van der Waals surface area contributed by atoms with Gasteiger partial charge in [-0.3, -0.25) is 4.98 Å². The summed E-state index contributed by atoms with van der Waals surface area (Å²) in [5, 5.41) is 16.4. The van der Waals surface area contributed by atoms with Crippen LogP contribution < -0.4 is 27.0 Å². The van der Waals surface area contributed by atoms with Gasteiger partial charge in [-0.15, -0.1) is 0 Å². The zero-order valence-electron chi connectivity index (χ0n) is 30.1. The minimum atomic E-state index is -1.10. The lowest BCUT2D eigenvalue weighted by atomic mass is 9.99. The summed E-state index contributed by atoms with van der Waals surface area (Å²) in [5.74, 6) is -0.800. The molecule has 6 amide bonds. The van der Waals surface area contributed by atoms with E-state index >= 15 is 4.79 Å². The monoisotopic (exact) mass is 868 g/mol. The van der Waals surface area contributed by atoms with E-state index in [4.69, 9.17) is 11.5 Å². The predicted octanol–water partition coefficient (Wildman–Crippen LogP) is 4.29. The van der Waals surface area contributed by atoms with E-state index in [1.807, 2.05) is 41.3 Å². The number of urea groups is 2. The Balaban J connectivity index is 1.23. The van der Waals surface area contributed by atoms with Crippen molar-refractivity contribution in [2.45, 2.75) is 63.2 Å². The molecule has 0 saturated carbocycles. The van der Waals surface area contributed by atoms with Gasteiger partial charge in [-0.2, -0.15) is 4.48 Å². The molecular formula is C38H48Br2N9O5+. The first-order chi connectivity index (χ1) is 26.0. The minimum Gasteiger partial charge on any atom is -0.506 e. The predicted molar refractivity (Wildman–Crippen MR) is 212 cm³/mol. The molecule has 2 fully saturated rings. The van der Waals surface area contributed by atoms with Crippen molar-refractivity contribution in [3.8, 4) is 5.75 Å². The molecule has 0 bridgehead atoms. The number of pyridine rings is 1. The van der Waals surface area contributed by atoms with Gasteiger partial charge < -0.3 is 41.9 Å². The lowest BCUT2D eigenvalue weighted by Crippen LogP contribution is -2.72. The summed E-state index contributed by atoms with van der Waals surface area (Å²) < 4.78 is 0.331. The number of phenols is 1. The Bertz CT molecular complexity index is 1810. The molecule has 3 aliphatic rings. The third kappa shape index (κ3) is 8.73. The number of piperazine rings is 1. The normalized spacial score (nSPS) is 18.4. The first-order valence-corrected chi connectivity index (χ1v) is 20.0. The molecule has 288 valence electrons. The molecule has 0 radical (unpaired) electrons. The summed E-state index contributed by atoms with van der Waals surface area (Å²) in [6.45, 7) is 2.90. The standard InChI is InChI=1S/C38H47Br2N9O5/c39-29-21-25(22-30(40)34(29)50)23-33(45-37(53)47-15-10-28(11-16-47)48-24-26-5-1-2-7-32(26)44-38(48)54)36(52)49(35(51)31(42)6-3-4-12-41)19-17-46(18-20-49)27-8-13-43-14-9-27/h1-2,5,7-9,13-14,21-22,28,31,33H,3-4,6,10-12,15-20,23-24,41-42H2,(H2-,44,45,50,53,54)/p+1/t31-,33+/m0/s1. The van der Waals surface area contributed by atoms with E-state index in [2.05, 4.69) is 52.4 Å². The van der Waals surface area contributed by atoms with Gasteiger partial charge >= 0.3 is 23.9 Å². The fourth-order valence-electron chi connectivity index (χ4n) is 7.73. The van der Waals surface area contributed by atoms with Crippen molar-refractivity contribution in [2.24, 2.45) is 11.5 Å². The van der Waals surface area contributed by atoms with Gasteiger partial charge in [0.1, 0.15) is 24.9 Å². The molecule has 0 unspecified atom stereocenters. The number of piperidine rings is 1. The maximum Gasteiger partial charge on any atom is 0.344 e. The number of imide groups is 1. The number of halogens is 2. The summed E-state index contributed by atoms with van der Waals surface area (Å²) in [7, 11) is 0. The van der Waals surface area contributed by atoms with Crippen LogP contribution >= 0.6 is 31.9 Å². The zero-order chi connectivity index (χ0) is 38.4. The summed E-state index contributed by atoms with van der Waals surface area (Å²) in [5.41, 5.74) is 15.7. The molecule has 16 heteroatoms. The summed E-state index contributed by atoms with van der Waals surface area (Å²) in [4.78, 5) is 66.3. The number of benzene rings is 2. The Morgan fingerprint density at radius 1 is 0.981 bits per heavy atom. The maximum atomic E-state index is 15.1. The molecule has 2 saturated heterocycles. The lowest BCUT2D eigenvalue weighted by Gasteiger charge is -2.44. The highest BCUT2D eigenvalue weighted by molar-refractivity contribution is 9.11. The highest BCUT2D eigenvalue weighted by atomic mass is 79.9. The molecule has 3 aromatic rings. The number of likely N-dealkylation sites (tertiary alicyclic amines) is 1. The van der Waals surface area contributed by atoms with E-state index in [0.29, 0.717) is 85.9 Å². The van der Waals surface area contributed by atoms with Crippen LogP contribution in [0.15, 0.2) is 69.9 Å². The number of fused-ring (bicyclic) bond motifs is 1. The van der Waals surface area contributed by atoms with Crippen molar-refractivity contribution in [2.75, 3.05) is 56.0 Å². The second kappa shape index (κ2) is 17.6. The van der Waals surface area contributed by atoms with E-state index in [1.54, 1.807) is 29.4 Å². The average molecular weight is 871 g/mol. The summed E-state index contributed by atoms with van der Waals surface area (Å²) in [6, 6.07) is 12.3. The SMILES string of the molecule is NCCCC[C@H](N)C(=O)[N+]1(C(=O)[C@@H](Cc2cc(Br)c(O)c(Br)c2)NC(=O)N2CCC(N3Cc4ccccc4NC3=O)CC2)CCN(c2ccncc2)CC1. The minimum absolute atomic E-state index is 0.00812. The Hall–Kier alpha value is -4.09. The molecule has 3 aliphatic heterocycles. The molecule has 2 atom stereocenters. The number of hydrogen-bond donors (Lipinski definition) is 5. The van der Waals surface area contributed by atoms with E-state index < -0.39 is 28.5 Å². The van der Waals surface area contributed by atoms with Crippen molar-refractivity contribution in [1.29, 1.82) is 0 Å². The van der Waals surface area contributed by atoms with Crippen LogP contribution in [0, 0.1) is 0 Å². The van der Waals surface area contributed by atoms with Crippen LogP contribution in [0.1, 0.15) is 43.2 Å².